The smallest absolute Gasteiger partial charge is 0.319 e. The first-order valence-electron chi connectivity index (χ1n) is 9.90. The van der Waals surface area contributed by atoms with E-state index in [2.05, 4.69) is 38.3 Å². The van der Waals surface area contributed by atoms with Crippen molar-refractivity contribution in [3.63, 3.8) is 0 Å². The second-order valence-electron chi connectivity index (χ2n) is 10.1. The molecule has 4 aliphatic carbocycles. The zero-order chi connectivity index (χ0) is 17.8. The van der Waals surface area contributed by atoms with Crippen LogP contribution in [-0.4, -0.2) is 11.6 Å². The van der Waals surface area contributed by atoms with Crippen LogP contribution in [0.15, 0.2) is 24.3 Å². The van der Waals surface area contributed by atoms with Crippen molar-refractivity contribution in [3.8, 4) is 0 Å². The summed E-state index contributed by atoms with van der Waals surface area (Å²) in [6.07, 6.45) is 6.27. The Hall–Kier alpha value is -1.51. The number of urea groups is 1. The van der Waals surface area contributed by atoms with Gasteiger partial charge in [0.1, 0.15) is 0 Å². The van der Waals surface area contributed by atoms with Gasteiger partial charge in [-0.15, -0.1) is 0 Å². The van der Waals surface area contributed by atoms with Crippen molar-refractivity contribution < 1.29 is 4.79 Å². The number of rotatable bonds is 2. The second-order valence-corrected chi connectivity index (χ2v) is 10.1. The van der Waals surface area contributed by atoms with E-state index in [-0.39, 0.29) is 11.6 Å². The molecule has 0 spiro atoms. The predicted molar refractivity (Wildman–Crippen MR) is 103 cm³/mol. The maximum absolute atomic E-state index is 12.6. The highest BCUT2D eigenvalue weighted by atomic mass is 16.2. The van der Waals surface area contributed by atoms with E-state index in [9.17, 15) is 4.79 Å². The van der Waals surface area contributed by atoms with Gasteiger partial charge in [0.05, 0.1) is 0 Å². The van der Waals surface area contributed by atoms with E-state index in [0.717, 1.165) is 29.4 Å². The van der Waals surface area contributed by atoms with E-state index in [1.165, 1.54) is 37.7 Å². The largest absolute Gasteiger partial charge is 0.332 e. The van der Waals surface area contributed by atoms with Crippen molar-refractivity contribution >= 4 is 11.7 Å². The molecule has 4 bridgehead atoms. The summed E-state index contributed by atoms with van der Waals surface area (Å²) in [5.74, 6) is 3.20. The number of hydrogen-bond donors (Lipinski definition) is 2. The number of anilines is 1. The normalized spacial score (nSPS) is 36.3. The van der Waals surface area contributed by atoms with Crippen LogP contribution in [0.4, 0.5) is 10.5 Å². The van der Waals surface area contributed by atoms with Crippen LogP contribution >= 0.6 is 0 Å². The summed E-state index contributed by atoms with van der Waals surface area (Å²) in [5, 5.41) is 6.45. The number of carbonyl (C=O) groups excluding carboxylic acids is 1. The summed E-state index contributed by atoms with van der Waals surface area (Å²) in [7, 11) is 0. The summed E-state index contributed by atoms with van der Waals surface area (Å²) >= 11 is 0. The summed E-state index contributed by atoms with van der Waals surface area (Å²) in [6.45, 7) is 9.28. The first-order valence-corrected chi connectivity index (χ1v) is 9.90. The molecule has 4 fully saturated rings. The molecule has 2 atom stereocenters. The lowest BCUT2D eigenvalue weighted by atomic mass is 9.45. The van der Waals surface area contributed by atoms with E-state index in [1.54, 1.807) is 0 Å². The molecule has 0 aromatic heterocycles. The molecule has 0 aliphatic heterocycles. The molecule has 3 heteroatoms. The number of carbonyl (C=O) groups is 1. The SMILES string of the molecule is Cc1ccc(NC(=O)NC23CC4CC(C2)C(C(C)(C)C)C(C4)C3)cc1. The molecular formula is C22H32N2O. The van der Waals surface area contributed by atoms with Crippen molar-refractivity contribution in [3.05, 3.63) is 29.8 Å². The summed E-state index contributed by atoms with van der Waals surface area (Å²) in [5.41, 5.74) is 2.50. The molecule has 2 amide bonds. The zero-order valence-electron chi connectivity index (χ0n) is 16.1. The Morgan fingerprint density at radius 3 is 2.20 bits per heavy atom. The average Bonchev–Trinajstić information content (AvgIpc) is 2.46. The van der Waals surface area contributed by atoms with E-state index in [4.69, 9.17) is 0 Å². The van der Waals surface area contributed by atoms with E-state index in [0.29, 0.717) is 5.41 Å². The van der Waals surface area contributed by atoms with Crippen LogP contribution in [0.25, 0.3) is 0 Å². The van der Waals surface area contributed by atoms with Crippen molar-refractivity contribution in [2.24, 2.45) is 29.1 Å². The quantitative estimate of drug-likeness (QED) is 0.748. The number of aryl methyl sites for hydroxylation is 1. The first-order chi connectivity index (χ1) is 11.7. The van der Waals surface area contributed by atoms with Gasteiger partial charge in [-0.05, 0) is 80.2 Å². The van der Waals surface area contributed by atoms with Gasteiger partial charge < -0.3 is 10.6 Å². The van der Waals surface area contributed by atoms with Crippen molar-refractivity contribution in [1.82, 2.24) is 5.32 Å². The van der Waals surface area contributed by atoms with Gasteiger partial charge in [0.25, 0.3) is 0 Å². The van der Waals surface area contributed by atoms with Crippen LogP contribution in [-0.2, 0) is 0 Å². The minimum absolute atomic E-state index is 0.0295. The average molecular weight is 341 g/mol. The molecular weight excluding hydrogens is 308 g/mol. The molecule has 3 nitrogen and oxygen atoms in total. The number of benzene rings is 1. The lowest BCUT2D eigenvalue weighted by molar-refractivity contribution is -0.0992. The van der Waals surface area contributed by atoms with Gasteiger partial charge in [-0.25, -0.2) is 4.79 Å². The summed E-state index contributed by atoms with van der Waals surface area (Å²) < 4.78 is 0. The minimum Gasteiger partial charge on any atom is -0.332 e. The first kappa shape index (κ1) is 16.9. The van der Waals surface area contributed by atoms with Crippen LogP contribution < -0.4 is 10.6 Å². The summed E-state index contributed by atoms with van der Waals surface area (Å²) in [4.78, 5) is 12.6. The Kier molecular flexibility index (Phi) is 3.90. The molecule has 4 aliphatic rings. The molecule has 2 unspecified atom stereocenters. The topological polar surface area (TPSA) is 41.1 Å². The Balaban J connectivity index is 1.46. The van der Waals surface area contributed by atoms with E-state index < -0.39 is 0 Å². The molecule has 4 saturated carbocycles. The summed E-state index contributed by atoms with van der Waals surface area (Å²) in [6, 6.07) is 8.00. The Morgan fingerprint density at radius 1 is 1.04 bits per heavy atom. The van der Waals surface area contributed by atoms with Gasteiger partial charge in [0.15, 0.2) is 0 Å². The van der Waals surface area contributed by atoms with Gasteiger partial charge >= 0.3 is 6.03 Å². The highest BCUT2D eigenvalue weighted by molar-refractivity contribution is 5.89. The zero-order valence-corrected chi connectivity index (χ0v) is 16.1. The standard InChI is InChI=1S/C22H32N2O/c1-14-5-7-18(8-6-14)23-20(25)24-22-11-15-9-16(12-22)19(21(2,3)4)17(10-15)13-22/h5-8,15-17,19H,9-13H2,1-4H3,(H2,23,24,25). The van der Waals surface area contributed by atoms with Gasteiger partial charge in [-0.1, -0.05) is 38.5 Å². The Bertz CT molecular complexity index is 642. The fourth-order valence-electron chi connectivity index (χ4n) is 6.63. The molecule has 25 heavy (non-hydrogen) atoms. The third-order valence-corrected chi connectivity index (χ3v) is 6.96. The highest BCUT2D eigenvalue weighted by Gasteiger charge is 2.57. The molecule has 2 N–H and O–H groups in total. The lowest BCUT2D eigenvalue weighted by Gasteiger charge is -2.62. The van der Waals surface area contributed by atoms with E-state index >= 15 is 0 Å². The molecule has 0 saturated heterocycles. The fourth-order valence-corrected chi connectivity index (χ4v) is 6.63. The minimum atomic E-state index is -0.0295. The van der Waals surface area contributed by atoms with Gasteiger partial charge in [-0.3, -0.25) is 0 Å². The number of hydrogen-bond acceptors (Lipinski definition) is 1. The molecule has 136 valence electrons. The Morgan fingerprint density at radius 2 is 1.64 bits per heavy atom. The fraction of sp³-hybridized carbons (Fsp3) is 0.682. The maximum atomic E-state index is 12.6. The van der Waals surface area contributed by atoms with Crippen LogP contribution in [0.2, 0.25) is 0 Å². The monoisotopic (exact) mass is 340 g/mol. The number of amides is 2. The van der Waals surface area contributed by atoms with Crippen LogP contribution in [0, 0.1) is 36.0 Å². The van der Waals surface area contributed by atoms with Crippen LogP contribution in [0.5, 0.6) is 0 Å². The lowest BCUT2D eigenvalue weighted by Crippen LogP contribution is -2.64. The van der Waals surface area contributed by atoms with E-state index in [1.807, 2.05) is 24.3 Å². The van der Waals surface area contributed by atoms with Gasteiger partial charge in [0, 0.05) is 11.2 Å². The van der Waals surface area contributed by atoms with Crippen LogP contribution in [0.3, 0.4) is 0 Å². The maximum Gasteiger partial charge on any atom is 0.319 e. The predicted octanol–water partition coefficient (Wildman–Crippen LogP) is 5.36. The van der Waals surface area contributed by atoms with Crippen molar-refractivity contribution in [2.75, 3.05) is 5.32 Å². The van der Waals surface area contributed by atoms with Crippen molar-refractivity contribution in [1.29, 1.82) is 0 Å². The molecule has 0 radical (unpaired) electrons. The Labute approximate surface area is 152 Å². The van der Waals surface area contributed by atoms with Crippen molar-refractivity contribution in [2.45, 2.75) is 65.3 Å². The van der Waals surface area contributed by atoms with Crippen LogP contribution in [0.1, 0.15) is 58.4 Å². The molecule has 1 aromatic carbocycles. The van der Waals surface area contributed by atoms with Gasteiger partial charge in [0.2, 0.25) is 0 Å². The molecule has 1 aromatic rings. The second kappa shape index (κ2) is 5.75. The number of nitrogens with one attached hydrogen (secondary N) is 2. The molecule has 0 heterocycles. The molecule has 5 rings (SSSR count). The van der Waals surface area contributed by atoms with Gasteiger partial charge in [-0.2, -0.15) is 0 Å². The third kappa shape index (κ3) is 3.18. The highest BCUT2D eigenvalue weighted by Crippen LogP contribution is 2.62. The third-order valence-electron chi connectivity index (χ3n) is 6.96.